The molecular formula is C19H22N2O4. The molecular weight excluding hydrogens is 320 g/mol. The highest BCUT2D eigenvalue weighted by molar-refractivity contribution is 6.06. The minimum atomic E-state index is -0.206. The van der Waals surface area contributed by atoms with Crippen molar-refractivity contribution in [3.63, 3.8) is 0 Å². The molecule has 132 valence electrons. The molecule has 0 bridgehead atoms. The van der Waals surface area contributed by atoms with E-state index in [-0.39, 0.29) is 11.8 Å². The SMILES string of the molecule is CCC(=O)Nc1cccc(C(=O)N(C)c2cc(OC)cc(OC)c2)c1. The van der Waals surface area contributed by atoms with Crippen LogP contribution in [0.25, 0.3) is 0 Å². The zero-order valence-electron chi connectivity index (χ0n) is 14.8. The zero-order valence-corrected chi connectivity index (χ0v) is 14.8. The van der Waals surface area contributed by atoms with Gasteiger partial charge in [-0.25, -0.2) is 0 Å². The van der Waals surface area contributed by atoms with E-state index >= 15 is 0 Å². The maximum absolute atomic E-state index is 12.8. The van der Waals surface area contributed by atoms with Gasteiger partial charge in [-0.05, 0) is 18.2 Å². The number of rotatable bonds is 6. The van der Waals surface area contributed by atoms with E-state index in [1.165, 1.54) is 4.90 Å². The number of carbonyl (C=O) groups is 2. The summed E-state index contributed by atoms with van der Waals surface area (Å²) in [6.07, 6.45) is 0.377. The van der Waals surface area contributed by atoms with Gasteiger partial charge in [0.05, 0.1) is 19.9 Å². The van der Waals surface area contributed by atoms with E-state index in [0.717, 1.165) is 0 Å². The molecule has 0 atom stereocenters. The number of hydrogen-bond acceptors (Lipinski definition) is 4. The van der Waals surface area contributed by atoms with Crippen LogP contribution in [0.15, 0.2) is 42.5 Å². The Kier molecular flexibility index (Phi) is 6.00. The third-order valence-electron chi connectivity index (χ3n) is 3.74. The van der Waals surface area contributed by atoms with E-state index in [4.69, 9.17) is 9.47 Å². The van der Waals surface area contributed by atoms with Gasteiger partial charge in [0.1, 0.15) is 11.5 Å². The maximum atomic E-state index is 12.8. The Morgan fingerprint density at radius 3 is 2.24 bits per heavy atom. The molecule has 0 aliphatic rings. The smallest absolute Gasteiger partial charge is 0.258 e. The molecule has 0 aliphatic carbocycles. The first-order valence-electron chi connectivity index (χ1n) is 7.89. The average molecular weight is 342 g/mol. The lowest BCUT2D eigenvalue weighted by atomic mass is 10.1. The molecule has 25 heavy (non-hydrogen) atoms. The number of hydrogen-bond donors (Lipinski definition) is 1. The van der Waals surface area contributed by atoms with Gasteiger partial charge in [-0.2, -0.15) is 0 Å². The molecule has 2 aromatic rings. The highest BCUT2D eigenvalue weighted by Gasteiger charge is 2.16. The topological polar surface area (TPSA) is 67.9 Å². The van der Waals surface area contributed by atoms with Gasteiger partial charge >= 0.3 is 0 Å². The summed E-state index contributed by atoms with van der Waals surface area (Å²) in [6.45, 7) is 1.77. The van der Waals surface area contributed by atoms with E-state index in [2.05, 4.69) is 5.32 Å². The maximum Gasteiger partial charge on any atom is 0.258 e. The summed E-state index contributed by atoms with van der Waals surface area (Å²) in [5.74, 6) is 0.884. The van der Waals surface area contributed by atoms with Crippen LogP contribution in [0.3, 0.4) is 0 Å². The summed E-state index contributed by atoms with van der Waals surface area (Å²) in [7, 11) is 4.79. The molecule has 2 amide bonds. The fourth-order valence-corrected chi connectivity index (χ4v) is 2.28. The predicted molar refractivity (Wildman–Crippen MR) is 97.6 cm³/mol. The second-order valence-electron chi connectivity index (χ2n) is 5.42. The van der Waals surface area contributed by atoms with E-state index in [0.29, 0.717) is 34.9 Å². The Bertz CT molecular complexity index is 752. The molecule has 0 aromatic heterocycles. The third-order valence-corrected chi connectivity index (χ3v) is 3.74. The van der Waals surface area contributed by atoms with Gasteiger partial charge in [-0.15, -0.1) is 0 Å². The standard InChI is InChI=1S/C19H22N2O4/c1-5-18(22)20-14-8-6-7-13(9-14)19(23)21(2)15-10-16(24-3)12-17(11-15)25-4/h6-12H,5H2,1-4H3,(H,20,22). The number of nitrogens with one attached hydrogen (secondary N) is 1. The quantitative estimate of drug-likeness (QED) is 0.874. The summed E-state index contributed by atoms with van der Waals surface area (Å²) in [6, 6.07) is 12.1. The van der Waals surface area contributed by atoms with Crippen LogP contribution in [0, 0.1) is 0 Å². The molecule has 0 saturated heterocycles. The van der Waals surface area contributed by atoms with Crippen LogP contribution in [-0.2, 0) is 4.79 Å². The third kappa shape index (κ3) is 4.50. The summed E-state index contributed by atoms with van der Waals surface area (Å²) in [5, 5.41) is 2.75. The van der Waals surface area contributed by atoms with Crippen molar-refractivity contribution in [2.75, 3.05) is 31.5 Å². The summed E-state index contributed by atoms with van der Waals surface area (Å²) < 4.78 is 10.5. The molecule has 0 aliphatic heterocycles. The normalized spacial score (nSPS) is 10.1. The van der Waals surface area contributed by atoms with Crippen LogP contribution in [0.5, 0.6) is 11.5 Å². The number of carbonyl (C=O) groups excluding carboxylic acids is 2. The van der Waals surface area contributed by atoms with E-state index < -0.39 is 0 Å². The number of methoxy groups -OCH3 is 2. The lowest BCUT2D eigenvalue weighted by molar-refractivity contribution is -0.115. The molecule has 0 heterocycles. The number of nitrogens with zero attached hydrogens (tertiary/aromatic N) is 1. The molecule has 2 aromatic carbocycles. The van der Waals surface area contributed by atoms with Crippen molar-refractivity contribution in [2.24, 2.45) is 0 Å². The van der Waals surface area contributed by atoms with Crippen LogP contribution in [-0.4, -0.2) is 33.1 Å². The fourth-order valence-electron chi connectivity index (χ4n) is 2.28. The molecule has 0 saturated carbocycles. The largest absolute Gasteiger partial charge is 0.497 e. The van der Waals surface area contributed by atoms with Crippen LogP contribution >= 0.6 is 0 Å². The van der Waals surface area contributed by atoms with Gasteiger partial charge in [-0.1, -0.05) is 13.0 Å². The fraction of sp³-hybridized carbons (Fsp3) is 0.263. The van der Waals surface area contributed by atoms with Gasteiger partial charge in [0.2, 0.25) is 5.91 Å². The summed E-state index contributed by atoms with van der Waals surface area (Å²) in [4.78, 5) is 25.8. The molecule has 6 nitrogen and oxygen atoms in total. The van der Waals surface area contributed by atoms with Gasteiger partial charge < -0.3 is 19.7 Å². The first-order valence-corrected chi connectivity index (χ1v) is 7.89. The highest BCUT2D eigenvalue weighted by Crippen LogP contribution is 2.28. The molecule has 1 N–H and O–H groups in total. The Labute approximate surface area is 147 Å². The predicted octanol–water partition coefficient (Wildman–Crippen LogP) is 3.33. The minimum Gasteiger partial charge on any atom is -0.497 e. The molecule has 0 spiro atoms. The minimum absolute atomic E-state index is 0.101. The number of anilines is 2. The van der Waals surface area contributed by atoms with E-state index in [1.54, 1.807) is 70.7 Å². The second-order valence-corrected chi connectivity index (χ2v) is 5.42. The van der Waals surface area contributed by atoms with Crippen LogP contribution in [0.2, 0.25) is 0 Å². The Hall–Kier alpha value is -3.02. The monoisotopic (exact) mass is 342 g/mol. The zero-order chi connectivity index (χ0) is 18.4. The lowest BCUT2D eigenvalue weighted by Crippen LogP contribution is -2.26. The van der Waals surface area contributed by atoms with E-state index in [1.807, 2.05) is 0 Å². The highest BCUT2D eigenvalue weighted by atomic mass is 16.5. The number of benzene rings is 2. The summed E-state index contributed by atoms with van der Waals surface area (Å²) >= 11 is 0. The van der Waals surface area contributed by atoms with Gasteiger partial charge in [0, 0.05) is 42.9 Å². The van der Waals surface area contributed by atoms with Gasteiger partial charge in [0.25, 0.3) is 5.91 Å². The second kappa shape index (κ2) is 8.19. The van der Waals surface area contributed by atoms with Crippen molar-refractivity contribution < 1.29 is 19.1 Å². The van der Waals surface area contributed by atoms with Crippen molar-refractivity contribution in [1.82, 2.24) is 0 Å². The van der Waals surface area contributed by atoms with Crippen molar-refractivity contribution in [2.45, 2.75) is 13.3 Å². The first-order chi connectivity index (χ1) is 12.0. The summed E-state index contributed by atoms with van der Waals surface area (Å²) in [5.41, 5.74) is 1.71. The van der Waals surface area contributed by atoms with Crippen LogP contribution in [0.4, 0.5) is 11.4 Å². The van der Waals surface area contributed by atoms with Crippen molar-refractivity contribution >= 4 is 23.2 Å². The molecule has 6 heteroatoms. The first kappa shape index (κ1) is 18.3. The van der Waals surface area contributed by atoms with Crippen molar-refractivity contribution in [3.8, 4) is 11.5 Å². The van der Waals surface area contributed by atoms with Gasteiger partial charge in [-0.3, -0.25) is 9.59 Å². The average Bonchev–Trinajstić information content (AvgIpc) is 2.66. The Morgan fingerprint density at radius 1 is 1.04 bits per heavy atom. The molecule has 2 rings (SSSR count). The van der Waals surface area contributed by atoms with Gasteiger partial charge in [0.15, 0.2) is 0 Å². The van der Waals surface area contributed by atoms with E-state index in [9.17, 15) is 9.59 Å². The van der Waals surface area contributed by atoms with Crippen molar-refractivity contribution in [1.29, 1.82) is 0 Å². The van der Waals surface area contributed by atoms with Crippen LogP contribution < -0.4 is 19.7 Å². The molecule has 0 fully saturated rings. The number of amides is 2. The van der Waals surface area contributed by atoms with Crippen molar-refractivity contribution in [3.05, 3.63) is 48.0 Å². The van der Waals surface area contributed by atoms with Crippen LogP contribution in [0.1, 0.15) is 23.7 Å². The Morgan fingerprint density at radius 2 is 1.68 bits per heavy atom. The molecule has 0 unspecified atom stereocenters. The number of ether oxygens (including phenoxy) is 2. The molecule has 0 radical (unpaired) electrons. The lowest BCUT2D eigenvalue weighted by Gasteiger charge is -2.19. The Balaban J connectivity index is 2.28.